The topological polar surface area (TPSA) is 105 Å². The molecule has 0 radical (unpaired) electrons. The van der Waals surface area contributed by atoms with Crippen molar-refractivity contribution in [2.24, 2.45) is 0 Å². The molecule has 0 amide bonds. The Morgan fingerprint density at radius 2 is 1.26 bits per heavy atom. The Morgan fingerprint density at radius 1 is 0.765 bits per heavy atom. The van der Waals surface area contributed by atoms with Gasteiger partial charge in [-0.05, 0) is 31.4 Å². The number of hydrogen-bond acceptors (Lipinski definition) is 7. The number of benzene rings is 1. The van der Waals surface area contributed by atoms with E-state index in [1.165, 1.54) is 49.9 Å². The van der Waals surface area contributed by atoms with E-state index >= 15 is 0 Å². The van der Waals surface area contributed by atoms with Gasteiger partial charge in [-0.2, -0.15) is 0 Å². The quantitative estimate of drug-likeness (QED) is 0.0693. The number of rotatable bonds is 18. The second kappa shape index (κ2) is 22.2. The maximum absolute atomic E-state index is 11.7. The second-order valence-electron chi connectivity index (χ2n) is 7.81. The molecule has 0 atom stereocenters. The van der Waals surface area contributed by atoms with Crippen LogP contribution in [0.2, 0.25) is 0 Å². The van der Waals surface area contributed by atoms with Crippen LogP contribution in [0.15, 0.2) is 24.3 Å². The van der Waals surface area contributed by atoms with Gasteiger partial charge in [0.25, 0.3) is 5.69 Å². The highest BCUT2D eigenvalue weighted by molar-refractivity contribution is 5.69. The van der Waals surface area contributed by atoms with Crippen molar-refractivity contribution in [3.63, 3.8) is 0 Å². The Morgan fingerprint density at radius 3 is 1.82 bits per heavy atom. The first-order valence-electron chi connectivity index (χ1n) is 12.8. The minimum absolute atomic E-state index is 0.0722. The largest absolute Gasteiger partial charge is 0.513 e. The van der Waals surface area contributed by atoms with E-state index in [0.717, 1.165) is 51.4 Å². The summed E-state index contributed by atoms with van der Waals surface area (Å²) in [6.07, 6.45) is 12.3. The normalized spacial score (nSPS) is 10.1. The number of nitro benzene ring substituents is 1. The number of non-ortho nitro benzene ring substituents is 1. The molecule has 0 saturated heterocycles. The fraction of sp³-hybridized carbons (Fsp3) is 0.692. The predicted molar refractivity (Wildman–Crippen MR) is 133 cm³/mol. The number of nitro groups is 1. The number of nitrogens with zero attached hydrogens (tertiary/aromatic N) is 1. The number of carbonyl (C=O) groups excluding carboxylic acids is 2. The first-order chi connectivity index (χ1) is 16.5. The van der Waals surface area contributed by atoms with Crippen LogP contribution in [0, 0.1) is 10.1 Å². The van der Waals surface area contributed by atoms with Crippen LogP contribution >= 0.6 is 0 Å². The SMILES string of the molecule is CC.CCCCCCCCC(=O)OCCCCCCCCOC(=O)Oc1ccc([N+](=O)[O-])cc1. The Hall–Kier alpha value is -2.64. The van der Waals surface area contributed by atoms with Crippen LogP contribution in [-0.4, -0.2) is 30.3 Å². The van der Waals surface area contributed by atoms with Crippen molar-refractivity contribution in [2.45, 2.75) is 104 Å². The van der Waals surface area contributed by atoms with Gasteiger partial charge in [0.1, 0.15) is 5.75 Å². The maximum Gasteiger partial charge on any atom is 0.513 e. The van der Waals surface area contributed by atoms with Crippen molar-refractivity contribution in [3.05, 3.63) is 34.4 Å². The molecule has 1 aromatic carbocycles. The molecule has 0 bridgehead atoms. The van der Waals surface area contributed by atoms with Gasteiger partial charge >= 0.3 is 12.1 Å². The van der Waals surface area contributed by atoms with Gasteiger partial charge < -0.3 is 14.2 Å². The molecule has 1 aromatic rings. The van der Waals surface area contributed by atoms with Crippen LogP contribution in [0.5, 0.6) is 5.75 Å². The highest BCUT2D eigenvalue weighted by Crippen LogP contribution is 2.17. The van der Waals surface area contributed by atoms with Gasteiger partial charge in [-0.3, -0.25) is 14.9 Å². The first kappa shape index (κ1) is 31.4. The van der Waals surface area contributed by atoms with Crippen molar-refractivity contribution in [1.29, 1.82) is 0 Å². The van der Waals surface area contributed by atoms with Gasteiger partial charge in [0.15, 0.2) is 0 Å². The maximum atomic E-state index is 11.7. The molecule has 8 nitrogen and oxygen atoms in total. The number of carbonyl (C=O) groups is 2. The predicted octanol–water partition coefficient (Wildman–Crippen LogP) is 7.77. The third-order valence-electron chi connectivity index (χ3n) is 5.00. The summed E-state index contributed by atoms with van der Waals surface area (Å²) >= 11 is 0. The molecule has 0 fully saturated rings. The van der Waals surface area contributed by atoms with Crippen LogP contribution in [0.1, 0.15) is 104 Å². The van der Waals surface area contributed by atoms with E-state index in [-0.39, 0.29) is 24.0 Å². The third kappa shape index (κ3) is 17.9. The smallest absolute Gasteiger partial charge is 0.466 e. The van der Waals surface area contributed by atoms with Crippen molar-refractivity contribution >= 4 is 17.8 Å². The summed E-state index contributed by atoms with van der Waals surface area (Å²) < 4.78 is 15.2. The van der Waals surface area contributed by atoms with Crippen LogP contribution in [-0.2, 0) is 14.3 Å². The summed E-state index contributed by atoms with van der Waals surface area (Å²) in [6.45, 7) is 6.95. The highest BCUT2D eigenvalue weighted by Gasteiger charge is 2.09. The van der Waals surface area contributed by atoms with E-state index < -0.39 is 11.1 Å². The van der Waals surface area contributed by atoms with Crippen molar-refractivity contribution in [1.82, 2.24) is 0 Å². The standard InChI is InChI=1S/C24H37NO7.C2H6/c1-2-3-4-5-8-11-14-23(26)30-19-12-9-6-7-10-13-20-31-24(27)32-22-17-15-21(16-18-22)25(28)29;1-2/h15-18H,2-14,19-20H2,1H3;1-2H3. The molecule has 0 aliphatic carbocycles. The lowest BCUT2D eigenvalue weighted by Crippen LogP contribution is -2.11. The molecule has 0 N–H and O–H groups in total. The van der Waals surface area contributed by atoms with Crippen LogP contribution in [0.25, 0.3) is 0 Å². The zero-order valence-electron chi connectivity index (χ0n) is 21.2. The summed E-state index contributed by atoms with van der Waals surface area (Å²) in [6, 6.07) is 5.23. The van der Waals surface area contributed by atoms with E-state index in [1.54, 1.807) is 0 Å². The molecular weight excluding hydrogens is 438 g/mol. The minimum atomic E-state index is -0.818. The number of esters is 1. The molecule has 0 heterocycles. The number of hydrogen-bond donors (Lipinski definition) is 0. The van der Waals surface area contributed by atoms with Crippen LogP contribution in [0.4, 0.5) is 10.5 Å². The summed E-state index contributed by atoms with van der Waals surface area (Å²) in [5.74, 6) is 0.117. The molecule has 0 unspecified atom stereocenters. The lowest BCUT2D eigenvalue weighted by atomic mass is 10.1. The molecule has 1 rings (SSSR count). The molecule has 194 valence electrons. The summed E-state index contributed by atoms with van der Waals surface area (Å²) in [5, 5.41) is 10.6. The van der Waals surface area contributed by atoms with Gasteiger partial charge in [0.05, 0.1) is 18.1 Å². The minimum Gasteiger partial charge on any atom is -0.466 e. The van der Waals surface area contributed by atoms with E-state index in [2.05, 4.69) is 6.92 Å². The lowest BCUT2D eigenvalue weighted by Gasteiger charge is -2.06. The van der Waals surface area contributed by atoms with Crippen LogP contribution < -0.4 is 4.74 Å². The molecular formula is C26H43NO7. The molecule has 34 heavy (non-hydrogen) atoms. The van der Waals surface area contributed by atoms with Gasteiger partial charge in [-0.1, -0.05) is 78.6 Å². The molecule has 8 heteroatoms. The average molecular weight is 482 g/mol. The Labute approximate surface area is 204 Å². The van der Waals surface area contributed by atoms with Gasteiger partial charge in [0, 0.05) is 18.6 Å². The molecule has 0 aromatic heterocycles. The Bertz CT molecular complexity index is 662. The van der Waals surface area contributed by atoms with E-state index in [9.17, 15) is 19.7 Å². The van der Waals surface area contributed by atoms with Gasteiger partial charge in [0.2, 0.25) is 0 Å². The molecule has 0 saturated carbocycles. The zero-order valence-corrected chi connectivity index (χ0v) is 21.2. The molecule has 0 aliphatic rings. The number of unbranched alkanes of at least 4 members (excludes halogenated alkanes) is 10. The van der Waals surface area contributed by atoms with E-state index in [0.29, 0.717) is 13.0 Å². The van der Waals surface area contributed by atoms with Crippen molar-refractivity contribution in [2.75, 3.05) is 13.2 Å². The fourth-order valence-corrected chi connectivity index (χ4v) is 3.14. The van der Waals surface area contributed by atoms with E-state index in [1.807, 2.05) is 13.8 Å². The Kier molecular flexibility index (Phi) is 20.4. The van der Waals surface area contributed by atoms with Crippen molar-refractivity contribution < 1.29 is 28.7 Å². The van der Waals surface area contributed by atoms with E-state index in [4.69, 9.17) is 14.2 Å². The summed E-state index contributed by atoms with van der Waals surface area (Å²) in [5.41, 5.74) is -0.0722. The third-order valence-corrected chi connectivity index (χ3v) is 5.00. The summed E-state index contributed by atoms with van der Waals surface area (Å²) in [7, 11) is 0. The lowest BCUT2D eigenvalue weighted by molar-refractivity contribution is -0.384. The zero-order chi connectivity index (χ0) is 25.4. The number of ether oxygens (including phenoxy) is 3. The van der Waals surface area contributed by atoms with Crippen LogP contribution in [0.3, 0.4) is 0 Å². The fourth-order valence-electron chi connectivity index (χ4n) is 3.14. The van der Waals surface area contributed by atoms with Crippen molar-refractivity contribution in [3.8, 4) is 5.75 Å². The Balaban J connectivity index is 0.00000529. The van der Waals surface area contributed by atoms with Gasteiger partial charge in [-0.15, -0.1) is 0 Å². The van der Waals surface area contributed by atoms with Gasteiger partial charge in [-0.25, -0.2) is 4.79 Å². The second-order valence-corrected chi connectivity index (χ2v) is 7.81. The first-order valence-corrected chi connectivity index (χ1v) is 12.8. The molecule has 0 spiro atoms. The monoisotopic (exact) mass is 481 g/mol. The molecule has 0 aliphatic heterocycles. The average Bonchev–Trinajstić information content (AvgIpc) is 2.84. The summed E-state index contributed by atoms with van der Waals surface area (Å²) in [4.78, 5) is 33.3. The highest BCUT2D eigenvalue weighted by atomic mass is 16.7.